The van der Waals surface area contributed by atoms with Crippen molar-refractivity contribution in [1.29, 1.82) is 0 Å². The van der Waals surface area contributed by atoms with Crippen LogP contribution in [0.25, 0.3) is 0 Å². The van der Waals surface area contributed by atoms with E-state index in [0.29, 0.717) is 6.04 Å². The molecule has 1 unspecified atom stereocenters. The Morgan fingerprint density at radius 1 is 1.60 bits per heavy atom. The van der Waals surface area contributed by atoms with Gasteiger partial charge in [-0.3, -0.25) is 0 Å². The van der Waals surface area contributed by atoms with Crippen LogP contribution in [0.4, 0.5) is 0 Å². The summed E-state index contributed by atoms with van der Waals surface area (Å²) in [5, 5.41) is 3.43. The van der Waals surface area contributed by atoms with Crippen LogP contribution >= 0.6 is 15.9 Å². The molecule has 0 bridgehead atoms. The van der Waals surface area contributed by atoms with Crippen molar-refractivity contribution >= 4 is 15.9 Å². The molecule has 3 heteroatoms. The number of nitrogens with one attached hydrogen (secondary N) is 1. The van der Waals surface area contributed by atoms with Gasteiger partial charge in [0.15, 0.2) is 4.67 Å². The first-order valence-electron chi connectivity index (χ1n) is 5.15. The van der Waals surface area contributed by atoms with Gasteiger partial charge >= 0.3 is 0 Å². The van der Waals surface area contributed by atoms with Crippen molar-refractivity contribution < 1.29 is 4.42 Å². The zero-order valence-corrected chi connectivity index (χ0v) is 10.7. The van der Waals surface area contributed by atoms with Crippen molar-refractivity contribution in [1.82, 2.24) is 5.32 Å². The highest BCUT2D eigenvalue weighted by Crippen LogP contribution is 2.27. The molecule has 1 aromatic rings. The van der Waals surface area contributed by atoms with Gasteiger partial charge in [0, 0.05) is 18.0 Å². The van der Waals surface area contributed by atoms with Crippen LogP contribution < -0.4 is 5.32 Å². The van der Waals surface area contributed by atoms with Crippen LogP contribution in [0.1, 0.15) is 38.3 Å². The quantitative estimate of drug-likeness (QED) is 0.828. The Labute approximate surface area is 99.6 Å². The molecule has 0 amide bonds. The molecule has 0 aliphatic carbocycles. The van der Waals surface area contributed by atoms with E-state index in [4.69, 9.17) is 4.42 Å². The van der Waals surface area contributed by atoms with Gasteiger partial charge in [-0.1, -0.05) is 6.92 Å². The molecular formula is C12H16BrNO. The zero-order valence-electron chi connectivity index (χ0n) is 9.14. The summed E-state index contributed by atoms with van der Waals surface area (Å²) in [5.41, 5.74) is 1.18. The van der Waals surface area contributed by atoms with Gasteiger partial charge in [0.1, 0.15) is 0 Å². The Morgan fingerprint density at radius 3 is 2.93 bits per heavy atom. The van der Waals surface area contributed by atoms with Crippen LogP contribution in [0.15, 0.2) is 21.4 Å². The summed E-state index contributed by atoms with van der Waals surface area (Å²) < 4.78 is 6.06. The lowest BCUT2D eigenvalue weighted by atomic mass is 10.1. The second-order valence-corrected chi connectivity index (χ2v) is 3.95. The van der Waals surface area contributed by atoms with Crippen LogP contribution in [0.2, 0.25) is 0 Å². The summed E-state index contributed by atoms with van der Waals surface area (Å²) in [7, 11) is 0. The number of rotatable bonds is 5. The number of halogens is 1. The van der Waals surface area contributed by atoms with Crippen LogP contribution in [-0.4, -0.2) is 6.54 Å². The fourth-order valence-electron chi connectivity index (χ4n) is 1.51. The summed E-state index contributed by atoms with van der Waals surface area (Å²) in [6.07, 6.45) is 3.62. The van der Waals surface area contributed by atoms with Crippen LogP contribution in [0, 0.1) is 11.8 Å². The lowest BCUT2D eigenvalue weighted by Gasteiger charge is -2.15. The Bertz CT molecular complexity index is 348. The van der Waals surface area contributed by atoms with Gasteiger partial charge in [-0.2, -0.15) is 0 Å². The molecule has 0 aromatic carbocycles. The van der Waals surface area contributed by atoms with E-state index >= 15 is 0 Å². The predicted octanol–water partition coefficient (Wildman–Crippen LogP) is 3.50. The highest BCUT2D eigenvalue weighted by Gasteiger charge is 2.14. The average molecular weight is 270 g/mol. The topological polar surface area (TPSA) is 25.2 Å². The molecule has 0 saturated carbocycles. The number of hydrogen-bond acceptors (Lipinski definition) is 2. The normalized spacial score (nSPS) is 11.9. The van der Waals surface area contributed by atoms with Gasteiger partial charge in [-0.15, -0.1) is 11.8 Å². The molecule has 1 heterocycles. The first-order chi connectivity index (χ1) is 7.29. The standard InChI is InChI=1S/C12H16BrNO/c1-3-5-6-7-11(14-4-2)10-8-9-15-12(10)13/h8-9,11,14H,4,6-7H2,1-2H3. The molecule has 0 aliphatic heterocycles. The van der Waals surface area contributed by atoms with Gasteiger partial charge in [0.2, 0.25) is 0 Å². The second kappa shape index (κ2) is 6.71. The molecule has 1 N–H and O–H groups in total. The van der Waals surface area contributed by atoms with Crippen LogP contribution in [0.5, 0.6) is 0 Å². The smallest absolute Gasteiger partial charge is 0.173 e. The summed E-state index contributed by atoms with van der Waals surface area (Å²) in [5.74, 6) is 5.99. The van der Waals surface area contributed by atoms with E-state index in [1.54, 1.807) is 6.26 Å². The molecule has 0 saturated heterocycles. The highest BCUT2D eigenvalue weighted by atomic mass is 79.9. The van der Waals surface area contributed by atoms with E-state index < -0.39 is 0 Å². The monoisotopic (exact) mass is 269 g/mol. The van der Waals surface area contributed by atoms with Crippen molar-refractivity contribution in [2.75, 3.05) is 6.54 Å². The van der Waals surface area contributed by atoms with Gasteiger partial charge in [0.25, 0.3) is 0 Å². The lowest BCUT2D eigenvalue weighted by molar-refractivity contribution is 0.493. The minimum absolute atomic E-state index is 0.323. The fourth-order valence-corrected chi connectivity index (χ4v) is 2.03. The van der Waals surface area contributed by atoms with Gasteiger partial charge in [0.05, 0.1) is 6.26 Å². The molecule has 82 valence electrons. The van der Waals surface area contributed by atoms with Gasteiger partial charge in [-0.05, 0) is 41.9 Å². The van der Waals surface area contributed by atoms with E-state index in [0.717, 1.165) is 24.1 Å². The van der Waals surface area contributed by atoms with E-state index in [2.05, 4.69) is 40.0 Å². The first-order valence-corrected chi connectivity index (χ1v) is 5.94. The third kappa shape index (κ3) is 3.73. The van der Waals surface area contributed by atoms with E-state index in [1.165, 1.54) is 5.56 Å². The molecule has 0 aliphatic rings. The fraction of sp³-hybridized carbons (Fsp3) is 0.500. The molecule has 1 rings (SSSR count). The second-order valence-electron chi connectivity index (χ2n) is 3.23. The first kappa shape index (κ1) is 12.4. The van der Waals surface area contributed by atoms with Gasteiger partial charge in [-0.25, -0.2) is 0 Å². The van der Waals surface area contributed by atoms with Crippen molar-refractivity contribution in [2.45, 2.75) is 32.7 Å². The maximum Gasteiger partial charge on any atom is 0.173 e. The molecule has 0 radical (unpaired) electrons. The summed E-state index contributed by atoms with van der Waals surface area (Å²) in [6, 6.07) is 2.32. The van der Waals surface area contributed by atoms with Crippen molar-refractivity contribution in [3.05, 3.63) is 22.6 Å². The number of furan rings is 1. The minimum atomic E-state index is 0.323. The molecule has 1 atom stereocenters. The van der Waals surface area contributed by atoms with Gasteiger partial charge < -0.3 is 9.73 Å². The third-order valence-electron chi connectivity index (χ3n) is 2.21. The summed E-state index contributed by atoms with van der Waals surface area (Å²) in [6.45, 7) is 4.92. The Balaban J connectivity index is 2.64. The van der Waals surface area contributed by atoms with E-state index in [9.17, 15) is 0 Å². The summed E-state index contributed by atoms with van der Waals surface area (Å²) in [4.78, 5) is 0. The Hall–Kier alpha value is -0.720. The van der Waals surface area contributed by atoms with Crippen molar-refractivity contribution in [3.8, 4) is 11.8 Å². The molecule has 1 aromatic heterocycles. The Morgan fingerprint density at radius 2 is 2.40 bits per heavy atom. The SMILES string of the molecule is CC#CCCC(NCC)c1ccoc1Br. The lowest BCUT2D eigenvalue weighted by Crippen LogP contribution is -2.20. The van der Waals surface area contributed by atoms with Crippen molar-refractivity contribution in [2.24, 2.45) is 0 Å². The molecule has 2 nitrogen and oxygen atoms in total. The number of hydrogen-bond donors (Lipinski definition) is 1. The highest BCUT2D eigenvalue weighted by molar-refractivity contribution is 9.10. The van der Waals surface area contributed by atoms with Crippen molar-refractivity contribution in [3.63, 3.8) is 0 Å². The maximum absolute atomic E-state index is 5.24. The molecule has 15 heavy (non-hydrogen) atoms. The zero-order chi connectivity index (χ0) is 11.1. The van der Waals surface area contributed by atoms with E-state index in [1.807, 2.05) is 13.0 Å². The largest absolute Gasteiger partial charge is 0.457 e. The average Bonchev–Trinajstić information content (AvgIpc) is 2.64. The minimum Gasteiger partial charge on any atom is -0.457 e. The van der Waals surface area contributed by atoms with Crippen LogP contribution in [0.3, 0.4) is 0 Å². The third-order valence-corrected chi connectivity index (χ3v) is 2.85. The Kier molecular flexibility index (Phi) is 5.52. The molecule has 0 spiro atoms. The molecular weight excluding hydrogens is 254 g/mol. The maximum atomic E-state index is 5.24. The summed E-state index contributed by atoms with van der Waals surface area (Å²) >= 11 is 3.40. The van der Waals surface area contributed by atoms with Crippen LogP contribution in [-0.2, 0) is 0 Å². The predicted molar refractivity (Wildman–Crippen MR) is 65.5 cm³/mol. The molecule has 0 fully saturated rings. The van der Waals surface area contributed by atoms with E-state index in [-0.39, 0.29) is 0 Å².